The Balaban J connectivity index is 2.90. The minimum Gasteiger partial charge on any atom is -0.406 e. The van der Waals surface area contributed by atoms with Crippen molar-refractivity contribution in [1.82, 2.24) is 0 Å². The average Bonchev–Trinajstić information content (AvgIpc) is 2.15. The van der Waals surface area contributed by atoms with E-state index in [-0.39, 0.29) is 23.8 Å². The van der Waals surface area contributed by atoms with Gasteiger partial charge in [0.25, 0.3) is 0 Å². The fourth-order valence-corrected chi connectivity index (χ4v) is 2.10. The van der Waals surface area contributed by atoms with Crippen LogP contribution in [0.3, 0.4) is 0 Å². The molecule has 0 amide bonds. The lowest BCUT2D eigenvalue weighted by Crippen LogP contribution is -2.17. The second-order valence-corrected chi connectivity index (χ2v) is 4.59. The van der Waals surface area contributed by atoms with E-state index in [1.165, 1.54) is 6.07 Å². The third-order valence-corrected chi connectivity index (χ3v) is 2.88. The van der Waals surface area contributed by atoms with Crippen LogP contribution in [0.15, 0.2) is 18.2 Å². The summed E-state index contributed by atoms with van der Waals surface area (Å²) in [6.07, 6.45) is -4.58. The topological polar surface area (TPSA) is 26.3 Å². The summed E-state index contributed by atoms with van der Waals surface area (Å²) >= 11 is 7.20. The highest BCUT2D eigenvalue weighted by molar-refractivity contribution is 14.1. The second kappa shape index (κ2) is 5.90. The molecule has 0 N–H and O–H groups in total. The Bertz CT molecular complexity index is 421. The first kappa shape index (κ1) is 14.6. The van der Waals surface area contributed by atoms with Crippen LogP contribution >= 0.6 is 34.2 Å². The van der Waals surface area contributed by atoms with Crippen LogP contribution in [0.4, 0.5) is 13.2 Å². The maximum atomic E-state index is 11.9. The Morgan fingerprint density at radius 1 is 1.41 bits per heavy atom. The van der Waals surface area contributed by atoms with Gasteiger partial charge in [0.1, 0.15) is 5.75 Å². The first-order valence-electron chi connectivity index (χ1n) is 4.48. The number of alkyl halides is 4. The van der Waals surface area contributed by atoms with Gasteiger partial charge in [-0.15, -0.1) is 24.8 Å². The van der Waals surface area contributed by atoms with Crippen LogP contribution in [0.25, 0.3) is 0 Å². The van der Waals surface area contributed by atoms with Gasteiger partial charge in [-0.2, -0.15) is 0 Å². The zero-order valence-corrected chi connectivity index (χ0v) is 11.3. The molecule has 1 rings (SSSR count). The van der Waals surface area contributed by atoms with E-state index in [1.54, 1.807) is 22.6 Å². The van der Waals surface area contributed by atoms with Crippen molar-refractivity contribution in [2.45, 2.75) is 12.8 Å². The number of Topliss-reactive ketones (excluding diaryl/α,β-unsaturated/α-hetero) is 1. The van der Waals surface area contributed by atoms with Crippen molar-refractivity contribution in [2.24, 2.45) is 0 Å². The normalized spacial score (nSPS) is 11.4. The lowest BCUT2D eigenvalue weighted by atomic mass is 10.1. The smallest absolute Gasteiger partial charge is 0.406 e. The first-order chi connectivity index (χ1) is 7.83. The quantitative estimate of drug-likeness (QED) is 0.450. The van der Waals surface area contributed by atoms with Gasteiger partial charge in [-0.1, -0.05) is 0 Å². The Labute approximate surface area is 114 Å². The Morgan fingerprint density at radius 2 is 2.06 bits per heavy atom. The summed E-state index contributed by atoms with van der Waals surface area (Å²) in [5.41, 5.74) is 0.348. The molecule has 17 heavy (non-hydrogen) atoms. The number of carbonyl (C=O) groups excluding carboxylic acids is 1. The monoisotopic (exact) mass is 378 g/mol. The summed E-state index contributed by atoms with van der Waals surface area (Å²) in [6.45, 7) is 0. The van der Waals surface area contributed by atoms with E-state index >= 15 is 0 Å². The Morgan fingerprint density at radius 3 is 2.53 bits per heavy atom. The van der Waals surface area contributed by atoms with Gasteiger partial charge in [-0.05, 0) is 40.8 Å². The summed E-state index contributed by atoms with van der Waals surface area (Å²) in [7, 11) is 0. The highest BCUT2D eigenvalue weighted by atomic mass is 127. The van der Waals surface area contributed by atoms with Crippen molar-refractivity contribution >= 4 is 40.0 Å². The fourth-order valence-electron chi connectivity index (χ4n) is 1.14. The summed E-state index contributed by atoms with van der Waals surface area (Å²) in [5, 5.41) is 0. The molecule has 1 aromatic rings. The van der Waals surface area contributed by atoms with Crippen LogP contribution in [0, 0.1) is 3.57 Å². The molecule has 0 spiro atoms. The molecule has 7 heteroatoms. The molecule has 1 aromatic carbocycles. The van der Waals surface area contributed by atoms with Crippen LogP contribution in [0.1, 0.15) is 16.8 Å². The molecule has 0 saturated carbocycles. The van der Waals surface area contributed by atoms with E-state index in [4.69, 9.17) is 11.6 Å². The molecule has 0 saturated heterocycles. The van der Waals surface area contributed by atoms with Crippen LogP contribution < -0.4 is 4.74 Å². The largest absolute Gasteiger partial charge is 0.573 e. The van der Waals surface area contributed by atoms with Crippen LogP contribution in [0.2, 0.25) is 0 Å². The van der Waals surface area contributed by atoms with Gasteiger partial charge in [0, 0.05) is 21.4 Å². The molecule has 0 atom stereocenters. The fraction of sp³-hybridized carbons (Fsp3) is 0.300. The van der Waals surface area contributed by atoms with Gasteiger partial charge in [-0.3, -0.25) is 4.79 Å². The van der Waals surface area contributed by atoms with Gasteiger partial charge in [0.2, 0.25) is 0 Å². The molecule has 0 bridgehead atoms. The molecule has 0 heterocycles. The molecular weight excluding hydrogens is 371 g/mol. The molecule has 0 unspecified atom stereocenters. The van der Waals surface area contributed by atoms with Crippen molar-refractivity contribution in [2.75, 3.05) is 5.88 Å². The number of rotatable bonds is 4. The molecule has 0 aliphatic carbocycles. The molecule has 0 aliphatic rings. The molecule has 0 aromatic heterocycles. The average molecular weight is 379 g/mol. The first-order valence-corrected chi connectivity index (χ1v) is 6.09. The molecule has 0 aliphatic heterocycles. The van der Waals surface area contributed by atoms with Gasteiger partial charge >= 0.3 is 6.36 Å². The second-order valence-electron chi connectivity index (χ2n) is 3.05. The van der Waals surface area contributed by atoms with Crippen molar-refractivity contribution in [1.29, 1.82) is 0 Å². The van der Waals surface area contributed by atoms with E-state index in [0.717, 1.165) is 12.1 Å². The highest BCUT2D eigenvalue weighted by Gasteiger charge is 2.31. The lowest BCUT2D eigenvalue weighted by Gasteiger charge is -2.10. The third kappa shape index (κ3) is 4.71. The van der Waals surface area contributed by atoms with E-state index in [0.29, 0.717) is 9.13 Å². The maximum Gasteiger partial charge on any atom is 0.573 e. The van der Waals surface area contributed by atoms with Gasteiger partial charge in [0.15, 0.2) is 5.78 Å². The third-order valence-electron chi connectivity index (χ3n) is 1.80. The predicted molar refractivity (Wildman–Crippen MR) is 65.5 cm³/mol. The summed E-state index contributed by atoms with van der Waals surface area (Å²) in [5.74, 6) is -0.373. The van der Waals surface area contributed by atoms with Crippen molar-refractivity contribution < 1.29 is 22.7 Å². The van der Waals surface area contributed by atoms with E-state index in [9.17, 15) is 18.0 Å². The molecule has 94 valence electrons. The minimum absolute atomic E-state index is 0.150. The van der Waals surface area contributed by atoms with Crippen molar-refractivity contribution in [3.63, 3.8) is 0 Å². The number of halogens is 5. The van der Waals surface area contributed by atoms with Crippen LogP contribution in [0.5, 0.6) is 5.75 Å². The zero-order chi connectivity index (χ0) is 13.1. The standard InChI is InChI=1S/C10H7ClF3IO2/c11-4-3-9(16)7-2-1-6(5-8(7)15)17-10(12,13)14/h1-2,5H,3-4H2. The van der Waals surface area contributed by atoms with Gasteiger partial charge < -0.3 is 4.74 Å². The number of hydrogen-bond donors (Lipinski definition) is 0. The number of benzene rings is 1. The van der Waals surface area contributed by atoms with Crippen LogP contribution in [-0.4, -0.2) is 18.0 Å². The summed E-state index contributed by atoms with van der Waals surface area (Å²) < 4.78 is 40.0. The predicted octanol–water partition coefficient (Wildman–Crippen LogP) is 4.00. The number of ether oxygens (including phenoxy) is 1. The summed E-state index contributed by atoms with van der Waals surface area (Å²) in [4.78, 5) is 11.5. The van der Waals surface area contributed by atoms with Gasteiger partial charge in [-0.25, -0.2) is 0 Å². The van der Waals surface area contributed by atoms with Gasteiger partial charge in [0.05, 0.1) is 0 Å². The van der Waals surface area contributed by atoms with Crippen molar-refractivity contribution in [3.8, 4) is 5.75 Å². The van der Waals surface area contributed by atoms with E-state index in [1.807, 2.05) is 0 Å². The molecular formula is C10H7ClF3IO2. The molecule has 0 fully saturated rings. The van der Waals surface area contributed by atoms with E-state index in [2.05, 4.69) is 4.74 Å². The number of carbonyl (C=O) groups is 1. The van der Waals surface area contributed by atoms with Crippen LogP contribution in [-0.2, 0) is 0 Å². The Kier molecular flexibility index (Phi) is 5.05. The SMILES string of the molecule is O=C(CCCl)c1ccc(OC(F)(F)F)cc1I. The summed E-state index contributed by atoms with van der Waals surface area (Å²) in [6, 6.07) is 3.57. The maximum absolute atomic E-state index is 11.9. The number of ketones is 1. The minimum atomic E-state index is -4.73. The molecule has 0 radical (unpaired) electrons. The van der Waals surface area contributed by atoms with Crippen molar-refractivity contribution in [3.05, 3.63) is 27.3 Å². The number of hydrogen-bond acceptors (Lipinski definition) is 2. The zero-order valence-electron chi connectivity index (χ0n) is 8.35. The van der Waals surface area contributed by atoms with E-state index < -0.39 is 6.36 Å². The Hall–Kier alpha value is -0.500. The lowest BCUT2D eigenvalue weighted by molar-refractivity contribution is -0.274. The highest BCUT2D eigenvalue weighted by Crippen LogP contribution is 2.26. The molecule has 2 nitrogen and oxygen atoms in total.